The van der Waals surface area contributed by atoms with E-state index in [1.165, 1.54) is 12.8 Å². The van der Waals surface area contributed by atoms with Crippen molar-refractivity contribution in [2.75, 3.05) is 40.4 Å². The fraction of sp³-hybridized carbons (Fsp3) is 0.941. The molecule has 1 saturated carbocycles. The number of aliphatic imine (C=N–C) groups is 1. The van der Waals surface area contributed by atoms with Gasteiger partial charge in [0, 0.05) is 46.4 Å². The third-order valence-electron chi connectivity index (χ3n) is 5.78. The van der Waals surface area contributed by atoms with Gasteiger partial charge in [-0.1, -0.05) is 12.8 Å². The van der Waals surface area contributed by atoms with Crippen molar-refractivity contribution in [3.05, 3.63) is 0 Å². The fourth-order valence-corrected chi connectivity index (χ4v) is 4.99. The summed E-state index contributed by atoms with van der Waals surface area (Å²) in [5, 5.41) is 6.56. The Hall–Kier alpha value is -0.340. The monoisotopic (exact) mass is 556 g/mol. The van der Waals surface area contributed by atoms with Crippen molar-refractivity contribution in [1.82, 2.24) is 14.9 Å². The summed E-state index contributed by atoms with van der Waals surface area (Å²) in [6.07, 6.45) is 6.23. The Morgan fingerprint density at radius 2 is 1.83 bits per heavy atom. The summed E-state index contributed by atoms with van der Waals surface area (Å²) in [5.41, 5.74) is -5.07. The van der Waals surface area contributed by atoms with Gasteiger partial charge < -0.3 is 15.4 Å². The number of nitrogens with zero attached hydrogens (tertiary/aromatic N) is 2. The van der Waals surface area contributed by atoms with Crippen molar-refractivity contribution in [2.45, 2.75) is 56.5 Å². The van der Waals surface area contributed by atoms with Crippen molar-refractivity contribution < 1.29 is 26.3 Å². The molecule has 0 unspecified atom stereocenters. The van der Waals surface area contributed by atoms with Crippen LogP contribution in [0.3, 0.4) is 0 Å². The Morgan fingerprint density at radius 1 is 1.24 bits per heavy atom. The number of hydrogen-bond donors (Lipinski definition) is 2. The van der Waals surface area contributed by atoms with Crippen molar-refractivity contribution in [2.24, 2.45) is 10.4 Å². The van der Waals surface area contributed by atoms with Gasteiger partial charge >= 0.3 is 15.5 Å². The van der Waals surface area contributed by atoms with Gasteiger partial charge in [-0.25, -0.2) is 8.42 Å². The molecule has 0 aromatic carbocycles. The van der Waals surface area contributed by atoms with E-state index in [0.29, 0.717) is 29.7 Å². The van der Waals surface area contributed by atoms with Crippen molar-refractivity contribution >= 4 is 40.0 Å². The highest BCUT2D eigenvalue weighted by Gasteiger charge is 2.50. The molecule has 29 heavy (non-hydrogen) atoms. The minimum absolute atomic E-state index is 0. The van der Waals surface area contributed by atoms with Crippen LogP contribution in [0, 0.1) is 5.41 Å². The van der Waals surface area contributed by atoms with Crippen LogP contribution in [-0.4, -0.2) is 70.6 Å². The number of nitrogens with one attached hydrogen (secondary N) is 2. The van der Waals surface area contributed by atoms with E-state index >= 15 is 0 Å². The summed E-state index contributed by atoms with van der Waals surface area (Å²) in [6, 6.07) is -0.121. The van der Waals surface area contributed by atoms with Crippen LogP contribution in [0.5, 0.6) is 0 Å². The van der Waals surface area contributed by atoms with E-state index in [9.17, 15) is 21.6 Å². The fourth-order valence-electron chi connectivity index (χ4n) is 4.00. The van der Waals surface area contributed by atoms with E-state index in [1.807, 2.05) is 0 Å². The van der Waals surface area contributed by atoms with Crippen LogP contribution >= 0.6 is 24.0 Å². The first-order chi connectivity index (χ1) is 13.1. The first kappa shape index (κ1) is 26.7. The van der Waals surface area contributed by atoms with Gasteiger partial charge in [0.15, 0.2) is 5.96 Å². The molecule has 1 aliphatic heterocycles. The molecule has 1 saturated heterocycles. The van der Waals surface area contributed by atoms with E-state index in [1.54, 1.807) is 14.2 Å². The number of rotatable bonds is 7. The summed E-state index contributed by atoms with van der Waals surface area (Å²) in [6.45, 7) is 1.15. The maximum atomic E-state index is 12.7. The van der Waals surface area contributed by atoms with Crippen molar-refractivity contribution in [1.29, 1.82) is 0 Å². The molecule has 0 amide bonds. The van der Waals surface area contributed by atoms with Crippen LogP contribution in [0.4, 0.5) is 13.2 Å². The molecule has 172 valence electrons. The molecular formula is C17H32F3IN4O3S. The molecule has 1 aliphatic carbocycles. The van der Waals surface area contributed by atoms with Gasteiger partial charge in [-0.15, -0.1) is 24.0 Å². The standard InChI is InChI=1S/C17H31F3N4O3S.HI/c1-21-15(22-13-16(9-12-27-2)7-3-4-8-16)23-14-5-10-24(11-6-14)28(25,26)17(18,19)20;/h14H,3-13H2,1-2H3,(H2,21,22,23);1H. The first-order valence-corrected chi connectivity index (χ1v) is 11.1. The predicted molar refractivity (Wildman–Crippen MR) is 117 cm³/mol. The van der Waals surface area contributed by atoms with Crippen LogP contribution in [0.15, 0.2) is 4.99 Å². The third kappa shape index (κ3) is 7.10. The molecule has 2 fully saturated rings. The van der Waals surface area contributed by atoms with E-state index in [0.717, 1.165) is 25.8 Å². The number of sulfonamides is 1. The molecule has 0 atom stereocenters. The van der Waals surface area contributed by atoms with E-state index in [4.69, 9.17) is 4.74 Å². The zero-order chi connectivity index (χ0) is 20.8. The van der Waals surface area contributed by atoms with Crippen LogP contribution in [0.25, 0.3) is 0 Å². The van der Waals surface area contributed by atoms with Crippen molar-refractivity contribution in [3.63, 3.8) is 0 Å². The van der Waals surface area contributed by atoms with Gasteiger partial charge in [-0.2, -0.15) is 17.5 Å². The Morgan fingerprint density at radius 3 is 2.31 bits per heavy atom. The van der Waals surface area contributed by atoms with Gasteiger partial charge in [0.05, 0.1) is 0 Å². The zero-order valence-corrected chi connectivity index (χ0v) is 20.1. The molecule has 2 aliphatic rings. The molecule has 0 bridgehead atoms. The summed E-state index contributed by atoms with van der Waals surface area (Å²) in [7, 11) is -1.90. The van der Waals surface area contributed by atoms with E-state index in [-0.39, 0.29) is 48.5 Å². The molecule has 0 radical (unpaired) electrons. The number of piperidine rings is 1. The smallest absolute Gasteiger partial charge is 0.385 e. The number of halogens is 4. The van der Waals surface area contributed by atoms with Crippen LogP contribution < -0.4 is 10.6 Å². The summed E-state index contributed by atoms with van der Waals surface area (Å²) in [4.78, 5) is 4.21. The normalized spacial score (nSPS) is 21.6. The highest BCUT2D eigenvalue weighted by molar-refractivity contribution is 14.0. The second kappa shape index (κ2) is 11.3. The maximum Gasteiger partial charge on any atom is 0.511 e. The lowest BCUT2D eigenvalue weighted by molar-refractivity contribution is -0.0494. The van der Waals surface area contributed by atoms with E-state index < -0.39 is 15.5 Å². The van der Waals surface area contributed by atoms with E-state index in [2.05, 4.69) is 15.6 Å². The lowest BCUT2D eigenvalue weighted by Crippen LogP contribution is -2.52. The second-order valence-corrected chi connectivity index (χ2v) is 9.57. The molecule has 7 nitrogen and oxygen atoms in total. The topological polar surface area (TPSA) is 83.0 Å². The number of alkyl halides is 3. The lowest BCUT2D eigenvalue weighted by atomic mass is 9.83. The average Bonchev–Trinajstić information content (AvgIpc) is 3.12. The van der Waals surface area contributed by atoms with Crippen LogP contribution in [0.1, 0.15) is 44.9 Å². The largest absolute Gasteiger partial charge is 0.511 e. The molecule has 0 aromatic rings. The third-order valence-corrected chi connectivity index (χ3v) is 7.41. The van der Waals surface area contributed by atoms with Crippen molar-refractivity contribution in [3.8, 4) is 0 Å². The minimum Gasteiger partial charge on any atom is -0.385 e. The zero-order valence-electron chi connectivity index (χ0n) is 16.9. The van der Waals surface area contributed by atoms with Gasteiger partial charge in [-0.3, -0.25) is 4.99 Å². The lowest BCUT2D eigenvalue weighted by Gasteiger charge is -2.34. The molecule has 2 N–H and O–H groups in total. The first-order valence-electron chi connectivity index (χ1n) is 9.66. The Bertz CT molecular complexity index is 632. The Balaban J connectivity index is 0.00000420. The SMILES string of the molecule is CN=C(NCC1(CCOC)CCCC1)NC1CCN(S(=O)(=O)C(F)(F)F)CC1.I. The summed E-state index contributed by atoms with van der Waals surface area (Å²) >= 11 is 0. The Kier molecular flexibility index (Phi) is 10.4. The van der Waals surface area contributed by atoms with Gasteiger partial charge in [-0.05, 0) is 37.5 Å². The van der Waals surface area contributed by atoms with Gasteiger partial charge in [0.25, 0.3) is 0 Å². The molecule has 0 spiro atoms. The highest BCUT2D eigenvalue weighted by atomic mass is 127. The number of methoxy groups -OCH3 is 1. The van der Waals surface area contributed by atoms with Gasteiger partial charge in [0.2, 0.25) is 0 Å². The highest BCUT2D eigenvalue weighted by Crippen LogP contribution is 2.40. The Labute approximate surface area is 188 Å². The molecule has 1 heterocycles. The summed E-state index contributed by atoms with van der Waals surface area (Å²) in [5.74, 6) is 0.598. The molecule has 2 rings (SSSR count). The maximum absolute atomic E-state index is 12.7. The molecular weight excluding hydrogens is 524 g/mol. The summed E-state index contributed by atoms with van der Waals surface area (Å²) < 4.78 is 66.8. The average molecular weight is 556 g/mol. The predicted octanol–water partition coefficient (Wildman–Crippen LogP) is 2.68. The minimum atomic E-state index is -5.25. The molecule has 12 heteroatoms. The van der Waals surface area contributed by atoms with Crippen LogP contribution in [-0.2, 0) is 14.8 Å². The number of hydrogen-bond acceptors (Lipinski definition) is 4. The number of guanidine groups is 1. The quantitative estimate of drug-likeness (QED) is 0.287. The number of ether oxygens (including phenoxy) is 1. The second-order valence-electron chi connectivity index (χ2n) is 7.64. The molecule has 0 aromatic heterocycles. The van der Waals surface area contributed by atoms with Crippen LogP contribution in [0.2, 0.25) is 0 Å². The van der Waals surface area contributed by atoms with Gasteiger partial charge in [0.1, 0.15) is 0 Å².